The first-order valence-electron chi connectivity index (χ1n) is 7.01. The topological polar surface area (TPSA) is 46.2 Å². The van der Waals surface area contributed by atoms with Crippen LogP contribution in [0.2, 0.25) is 0 Å². The Labute approximate surface area is 147 Å². The van der Waals surface area contributed by atoms with Crippen LogP contribution in [0.3, 0.4) is 0 Å². The molecular weight excluding hydrogens is 407 g/mol. The van der Waals surface area contributed by atoms with E-state index in [1.165, 1.54) is 0 Å². The SMILES string of the molecule is CC(C)c1ccccc1NS(=O)(=O)c1ccc(Br)c(C(F)(F)F)c1. The smallest absolute Gasteiger partial charge is 0.279 e. The summed E-state index contributed by atoms with van der Waals surface area (Å²) < 4.78 is 66.0. The minimum Gasteiger partial charge on any atom is -0.279 e. The molecule has 0 unspecified atom stereocenters. The van der Waals surface area contributed by atoms with Crippen LogP contribution >= 0.6 is 15.9 Å². The van der Waals surface area contributed by atoms with E-state index in [0.717, 1.165) is 17.7 Å². The Morgan fingerprint density at radius 2 is 1.71 bits per heavy atom. The molecule has 0 spiro atoms. The third-order valence-corrected chi connectivity index (χ3v) is 5.44. The van der Waals surface area contributed by atoms with Crippen LogP contribution in [-0.2, 0) is 16.2 Å². The van der Waals surface area contributed by atoms with Crippen LogP contribution in [0.1, 0.15) is 30.9 Å². The molecule has 0 fully saturated rings. The van der Waals surface area contributed by atoms with Gasteiger partial charge in [0.05, 0.1) is 16.1 Å². The molecule has 0 aliphatic rings. The van der Waals surface area contributed by atoms with E-state index in [4.69, 9.17) is 0 Å². The number of anilines is 1. The van der Waals surface area contributed by atoms with E-state index in [-0.39, 0.29) is 10.4 Å². The van der Waals surface area contributed by atoms with Crippen LogP contribution in [0.5, 0.6) is 0 Å². The van der Waals surface area contributed by atoms with Crippen molar-refractivity contribution in [1.29, 1.82) is 0 Å². The molecule has 2 aromatic rings. The number of benzene rings is 2. The molecule has 130 valence electrons. The number of alkyl halides is 3. The summed E-state index contributed by atoms with van der Waals surface area (Å²) in [6, 6.07) is 9.60. The standard InChI is InChI=1S/C16H15BrF3NO2S/c1-10(2)12-5-3-4-6-15(12)21-24(22,23)11-7-8-14(17)13(9-11)16(18,19)20/h3-10,21H,1-2H3. The van der Waals surface area contributed by atoms with Crippen LogP contribution in [0.15, 0.2) is 51.8 Å². The van der Waals surface area contributed by atoms with Gasteiger partial charge in [0.1, 0.15) is 0 Å². The molecule has 0 atom stereocenters. The van der Waals surface area contributed by atoms with Gasteiger partial charge in [-0.1, -0.05) is 48.0 Å². The number of hydrogen-bond donors (Lipinski definition) is 1. The van der Waals surface area contributed by atoms with E-state index >= 15 is 0 Å². The zero-order valence-electron chi connectivity index (χ0n) is 12.9. The summed E-state index contributed by atoms with van der Waals surface area (Å²) in [7, 11) is -4.14. The zero-order valence-corrected chi connectivity index (χ0v) is 15.3. The summed E-state index contributed by atoms with van der Waals surface area (Å²) in [5, 5.41) is 0. The molecule has 0 aliphatic heterocycles. The van der Waals surface area contributed by atoms with Gasteiger partial charge >= 0.3 is 6.18 Å². The Balaban J connectivity index is 2.46. The maximum Gasteiger partial charge on any atom is 0.417 e. The first-order chi connectivity index (χ1) is 11.0. The molecule has 2 aromatic carbocycles. The van der Waals surface area contributed by atoms with E-state index < -0.39 is 26.7 Å². The van der Waals surface area contributed by atoms with E-state index in [0.29, 0.717) is 11.8 Å². The lowest BCUT2D eigenvalue weighted by molar-refractivity contribution is -0.138. The Bertz CT molecular complexity index is 849. The second kappa shape index (κ2) is 6.76. The van der Waals surface area contributed by atoms with Gasteiger partial charge in [-0.2, -0.15) is 13.2 Å². The molecule has 2 rings (SSSR count). The summed E-state index contributed by atoms with van der Waals surface area (Å²) in [4.78, 5) is -0.448. The number of nitrogens with one attached hydrogen (secondary N) is 1. The van der Waals surface area contributed by atoms with Crippen molar-refractivity contribution in [2.24, 2.45) is 0 Å². The number of rotatable bonds is 4. The minimum absolute atomic E-state index is 0.0551. The van der Waals surface area contributed by atoms with Crippen molar-refractivity contribution >= 4 is 31.6 Å². The van der Waals surface area contributed by atoms with Crippen molar-refractivity contribution in [3.05, 3.63) is 58.1 Å². The summed E-state index contributed by atoms with van der Waals surface area (Å²) in [6.07, 6.45) is -4.65. The number of sulfonamides is 1. The normalized spacial score (nSPS) is 12.5. The van der Waals surface area contributed by atoms with Crippen molar-refractivity contribution in [2.45, 2.75) is 30.8 Å². The van der Waals surface area contributed by atoms with Gasteiger partial charge in [-0.25, -0.2) is 8.42 Å². The van der Waals surface area contributed by atoms with Gasteiger partial charge < -0.3 is 0 Å². The van der Waals surface area contributed by atoms with Gasteiger partial charge in [0, 0.05) is 4.47 Å². The predicted octanol–water partition coefficient (Wildman–Crippen LogP) is 5.39. The lowest BCUT2D eigenvalue weighted by Crippen LogP contribution is -2.16. The first kappa shape index (κ1) is 18.8. The quantitative estimate of drug-likeness (QED) is 0.718. The minimum atomic E-state index is -4.65. The summed E-state index contributed by atoms with van der Waals surface area (Å²) in [5.74, 6) is 0.0551. The Kier molecular flexibility index (Phi) is 5.29. The Hall–Kier alpha value is -1.54. The van der Waals surface area contributed by atoms with Crippen molar-refractivity contribution in [3.63, 3.8) is 0 Å². The van der Waals surface area contributed by atoms with Gasteiger partial charge in [-0.3, -0.25) is 4.72 Å². The number of hydrogen-bond acceptors (Lipinski definition) is 2. The van der Waals surface area contributed by atoms with Gasteiger partial charge in [0.25, 0.3) is 10.0 Å². The van der Waals surface area contributed by atoms with E-state index in [9.17, 15) is 21.6 Å². The summed E-state index contributed by atoms with van der Waals surface area (Å²) in [6.45, 7) is 3.79. The molecule has 1 N–H and O–H groups in total. The van der Waals surface area contributed by atoms with Gasteiger partial charge in [-0.05, 0) is 35.7 Å². The van der Waals surface area contributed by atoms with Gasteiger partial charge in [0.15, 0.2) is 0 Å². The zero-order chi connectivity index (χ0) is 18.1. The van der Waals surface area contributed by atoms with E-state index in [2.05, 4.69) is 20.7 Å². The van der Waals surface area contributed by atoms with Crippen molar-refractivity contribution in [3.8, 4) is 0 Å². The van der Waals surface area contributed by atoms with Gasteiger partial charge in [-0.15, -0.1) is 0 Å². The summed E-state index contributed by atoms with van der Waals surface area (Å²) in [5.41, 5.74) is 0.0701. The molecular formula is C16H15BrF3NO2S. The fourth-order valence-corrected chi connectivity index (χ4v) is 3.77. The van der Waals surface area contributed by atoms with E-state index in [1.807, 2.05) is 13.8 Å². The number of halogens is 4. The summed E-state index contributed by atoms with van der Waals surface area (Å²) >= 11 is 2.80. The Morgan fingerprint density at radius 1 is 1.08 bits per heavy atom. The lowest BCUT2D eigenvalue weighted by atomic mass is 10.0. The van der Waals surface area contributed by atoms with Crippen LogP contribution in [0.25, 0.3) is 0 Å². The fourth-order valence-electron chi connectivity index (χ4n) is 2.19. The molecule has 0 saturated heterocycles. The second-order valence-electron chi connectivity index (χ2n) is 5.49. The highest BCUT2D eigenvalue weighted by atomic mass is 79.9. The molecule has 3 nitrogen and oxygen atoms in total. The molecule has 8 heteroatoms. The predicted molar refractivity (Wildman–Crippen MR) is 90.5 cm³/mol. The maximum absolute atomic E-state index is 13.0. The molecule has 0 radical (unpaired) electrons. The van der Waals surface area contributed by atoms with Crippen LogP contribution in [0, 0.1) is 0 Å². The van der Waals surface area contributed by atoms with E-state index in [1.54, 1.807) is 24.3 Å². The fraction of sp³-hybridized carbons (Fsp3) is 0.250. The van der Waals surface area contributed by atoms with Crippen LogP contribution < -0.4 is 4.72 Å². The molecule has 0 saturated carbocycles. The second-order valence-corrected chi connectivity index (χ2v) is 8.02. The van der Waals surface area contributed by atoms with Crippen molar-refractivity contribution < 1.29 is 21.6 Å². The number of para-hydroxylation sites is 1. The highest BCUT2D eigenvalue weighted by Gasteiger charge is 2.34. The third-order valence-electron chi connectivity index (χ3n) is 3.38. The molecule has 0 heterocycles. The lowest BCUT2D eigenvalue weighted by Gasteiger charge is -2.16. The average molecular weight is 422 g/mol. The van der Waals surface area contributed by atoms with Crippen LogP contribution in [0.4, 0.5) is 18.9 Å². The van der Waals surface area contributed by atoms with Crippen LogP contribution in [-0.4, -0.2) is 8.42 Å². The highest BCUT2D eigenvalue weighted by Crippen LogP contribution is 2.36. The first-order valence-corrected chi connectivity index (χ1v) is 9.28. The molecule has 0 bridgehead atoms. The molecule has 0 amide bonds. The van der Waals surface area contributed by atoms with Crippen molar-refractivity contribution in [2.75, 3.05) is 4.72 Å². The monoisotopic (exact) mass is 421 g/mol. The molecule has 0 aromatic heterocycles. The largest absolute Gasteiger partial charge is 0.417 e. The maximum atomic E-state index is 13.0. The highest BCUT2D eigenvalue weighted by molar-refractivity contribution is 9.10. The molecule has 0 aliphatic carbocycles. The van der Waals surface area contributed by atoms with Crippen molar-refractivity contribution in [1.82, 2.24) is 0 Å². The van der Waals surface area contributed by atoms with Gasteiger partial charge in [0.2, 0.25) is 0 Å². The average Bonchev–Trinajstić information content (AvgIpc) is 2.46. The third kappa shape index (κ3) is 4.10. The Morgan fingerprint density at radius 3 is 2.29 bits per heavy atom. The molecule has 24 heavy (non-hydrogen) atoms.